The molecule has 0 aliphatic carbocycles. The van der Waals surface area contributed by atoms with Gasteiger partial charge < -0.3 is 15.5 Å². The van der Waals surface area contributed by atoms with Crippen LogP contribution < -0.4 is 11.1 Å². The summed E-state index contributed by atoms with van der Waals surface area (Å²) < 4.78 is 5.30. The topological polar surface area (TPSA) is 76.4 Å². The molecule has 0 atom stereocenters. The Bertz CT molecular complexity index is 536. The van der Waals surface area contributed by atoms with E-state index in [4.69, 9.17) is 10.2 Å². The molecule has 2 aromatic rings. The van der Waals surface area contributed by atoms with E-state index < -0.39 is 0 Å². The van der Waals surface area contributed by atoms with Gasteiger partial charge in [0.1, 0.15) is 0 Å². The van der Waals surface area contributed by atoms with Crippen molar-refractivity contribution in [3.8, 4) is 10.8 Å². The predicted octanol–water partition coefficient (Wildman–Crippen LogP) is 3.08. The van der Waals surface area contributed by atoms with Gasteiger partial charge in [-0.15, -0.1) is 35.3 Å². The number of hydrogen-bond donors (Lipinski definition) is 2. The number of rotatable bonds is 5. The van der Waals surface area contributed by atoms with E-state index in [0.717, 1.165) is 23.0 Å². The van der Waals surface area contributed by atoms with Gasteiger partial charge in [-0.25, -0.2) is 9.98 Å². The molecule has 0 amide bonds. The summed E-state index contributed by atoms with van der Waals surface area (Å²) in [4.78, 5) is 8.71. The minimum Gasteiger partial charge on any atom is -0.462 e. The molecule has 5 nitrogen and oxygen atoms in total. The summed E-state index contributed by atoms with van der Waals surface area (Å²) >= 11 is 1.54. The van der Waals surface area contributed by atoms with Gasteiger partial charge in [-0.2, -0.15) is 0 Å². The van der Waals surface area contributed by atoms with Crippen LogP contribution in [0.2, 0.25) is 0 Å². The molecule has 0 spiro atoms. The Balaban J connectivity index is 0.00000200. The lowest BCUT2D eigenvalue weighted by molar-refractivity contribution is 0.581. The first kappa shape index (κ1) is 17.0. The molecule has 3 N–H and O–H groups in total. The molecule has 20 heavy (non-hydrogen) atoms. The first-order valence-electron chi connectivity index (χ1n) is 6.17. The Kier molecular flexibility index (Phi) is 7.00. The van der Waals surface area contributed by atoms with E-state index in [9.17, 15) is 0 Å². The molecule has 0 saturated heterocycles. The lowest BCUT2D eigenvalue weighted by Crippen LogP contribution is -2.34. The molecule has 0 aliphatic rings. The van der Waals surface area contributed by atoms with Crippen molar-refractivity contribution in [3.63, 3.8) is 0 Å². The second-order valence-corrected chi connectivity index (χ2v) is 5.46. The van der Waals surface area contributed by atoms with Gasteiger partial charge in [0.15, 0.2) is 16.7 Å². The Hall–Kier alpha value is -1.09. The predicted molar refractivity (Wildman–Crippen MR) is 93.4 cm³/mol. The monoisotopic (exact) mass is 406 g/mol. The fourth-order valence-corrected chi connectivity index (χ4v) is 2.20. The zero-order valence-corrected chi connectivity index (χ0v) is 14.6. The summed E-state index contributed by atoms with van der Waals surface area (Å²) in [5.74, 6) is 1.78. The highest BCUT2D eigenvalue weighted by Crippen LogP contribution is 2.24. The van der Waals surface area contributed by atoms with Crippen LogP contribution in [0.1, 0.15) is 19.5 Å². The summed E-state index contributed by atoms with van der Waals surface area (Å²) in [5, 5.41) is 5.91. The van der Waals surface area contributed by atoms with Crippen molar-refractivity contribution in [3.05, 3.63) is 29.5 Å². The van der Waals surface area contributed by atoms with Gasteiger partial charge in [-0.05, 0) is 18.1 Å². The van der Waals surface area contributed by atoms with Crippen LogP contribution in [0.3, 0.4) is 0 Å². The Morgan fingerprint density at radius 1 is 1.55 bits per heavy atom. The van der Waals surface area contributed by atoms with Gasteiger partial charge in [0.25, 0.3) is 0 Å². The van der Waals surface area contributed by atoms with Gasteiger partial charge >= 0.3 is 0 Å². The Labute approximate surface area is 139 Å². The highest BCUT2D eigenvalue weighted by molar-refractivity contribution is 14.0. The molecular formula is C13H19IN4OS. The number of halogens is 1. The highest BCUT2D eigenvalue weighted by Gasteiger charge is 2.06. The summed E-state index contributed by atoms with van der Waals surface area (Å²) in [6, 6.07) is 3.74. The smallest absolute Gasteiger partial charge is 0.188 e. The zero-order valence-electron chi connectivity index (χ0n) is 11.5. The molecule has 0 radical (unpaired) electrons. The molecular weight excluding hydrogens is 387 g/mol. The second kappa shape index (κ2) is 8.25. The number of furan rings is 1. The normalized spacial score (nSPS) is 11.4. The zero-order chi connectivity index (χ0) is 13.7. The lowest BCUT2D eigenvalue weighted by Gasteiger charge is -2.07. The van der Waals surface area contributed by atoms with E-state index in [2.05, 4.69) is 29.1 Å². The third-order valence-electron chi connectivity index (χ3n) is 2.39. The van der Waals surface area contributed by atoms with Crippen LogP contribution in [0.15, 0.2) is 33.2 Å². The molecule has 110 valence electrons. The third-order valence-corrected chi connectivity index (χ3v) is 3.29. The molecule has 0 bridgehead atoms. The van der Waals surface area contributed by atoms with E-state index in [1.165, 1.54) is 0 Å². The molecule has 0 aliphatic heterocycles. The Morgan fingerprint density at radius 2 is 2.35 bits per heavy atom. The molecule has 0 saturated carbocycles. The SMILES string of the molecule is CC(C)CNC(N)=NCc1csc(-c2ccco2)n1.I. The van der Waals surface area contributed by atoms with Crippen molar-refractivity contribution in [2.24, 2.45) is 16.6 Å². The van der Waals surface area contributed by atoms with Crippen LogP contribution >= 0.6 is 35.3 Å². The quantitative estimate of drug-likeness (QED) is 0.455. The van der Waals surface area contributed by atoms with E-state index in [-0.39, 0.29) is 24.0 Å². The Morgan fingerprint density at radius 3 is 3.00 bits per heavy atom. The van der Waals surface area contributed by atoms with Gasteiger partial charge in [-0.1, -0.05) is 13.8 Å². The number of aliphatic imine (C=N–C) groups is 1. The minimum atomic E-state index is 0. The maximum atomic E-state index is 5.77. The van der Waals surface area contributed by atoms with E-state index in [1.54, 1.807) is 17.6 Å². The maximum Gasteiger partial charge on any atom is 0.188 e. The number of nitrogens with two attached hydrogens (primary N) is 1. The lowest BCUT2D eigenvalue weighted by atomic mass is 10.2. The van der Waals surface area contributed by atoms with Crippen LogP contribution in [0, 0.1) is 5.92 Å². The van der Waals surface area contributed by atoms with Gasteiger partial charge in [0, 0.05) is 11.9 Å². The van der Waals surface area contributed by atoms with Crippen molar-refractivity contribution in [2.45, 2.75) is 20.4 Å². The highest BCUT2D eigenvalue weighted by atomic mass is 127. The summed E-state index contributed by atoms with van der Waals surface area (Å²) in [6.07, 6.45) is 1.64. The first-order valence-corrected chi connectivity index (χ1v) is 7.05. The van der Waals surface area contributed by atoms with Crippen molar-refractivity contribution in [1.29, 1.82) is 0 Å². The molecule has 0 aromatic carbocycles. The van der Waals surface area contributed by atoms with Gasteiger partial charge in [0.2, 0.25) is 0 Å². The first-order chi connectivity index (χ1) is 9.15. The van der Waals surface area contributed by atoms with Crippen LogP contribution in [-0.2, 0) is 6.54 Å². The number of nitrogens with one attached hydrogen (secondary N) is 1. The molecule has 0 unspecified atom stereocenters. The minimum absolute atomic E-state index is 0. The van der Waals surface area contributed by atoms with E-state index in [0.29, 0.717) is 18.4 Å². The molecule has 0 fully saturated rings. The maximum absolute atomic E-state index is 5.77. The van der Waals surface area contributed by atoms with Crippen molar-refractivity contribution in [2.75, 3.05) is 6.54 Å². The van der Waals surface area contributed by atoms with E-state index in [1.807, 2.05) is 17.5 Å². The summed E-state index contributed by atoms with van der Waals surface area (Å²) in [5.41, 5.74) is 6.66. The number of aromatic nitrogens is 1. The third kappa shape index (κ3) is 5.12. The van der Waals surface area contributed by atoms with Crippen LogP contribution in [0.5, 0.6) is 0 Å². The number of nitrogens with zero attached hydrogens (tertiary/aromatic N) is 2. The van der Waals surface area contributed by atoms with Crippen molar-refractivity contribution in [1.82, 2.24) is 10.3 Å². The van der Waals surface area contributed by atoms with Gasteiger partial charge in [0.05, 0.1) is 18.5 Å². The van der Waals surface area contributed by atoms with E-state index >= 15 is 0 Å². The van der Waals surface area contributed by atoms with Crippen LogP contribution in [-0.4, -0.2) is 17.5 Å². The van der Waals surface area contributed by atoms with Crippen LogP contribution in [0.4, 0.5) is 0 Å². The largest absolute Gasteiger partial charge is 0.462 e. The standard InChI is InChI=1S/C13H18N4OS.HI/c1-9(2)6-15-13(14)16-7-10-8-19-12(17-10)11-4-3-5-18-11;/h3-5,8-9H,6-7H2,1-2H3,(H3,14,15,16);1H. The molecule has 7 heteroatoms. The fourth-order valence-electron chi connectivity index (χ4n) is 1.42. The molecule has 2 heterocycles. The van der Waals surface area contributed by atoms with Crippen molar-refractivity contribution >= 4 is 41.3 Å². The number of guanidine groups is 1. The second-order valence-electron chi connectivity index (χ2n) is 4.60. The average molecular weight is 406 g/mol. The molecule has 2 rings (SSSR count). The number of hydrogen-bond acceptors (Lipinski definition) is 4. The van der Waals surface area contributed by atoms with Gasteiger partial charge in [-0.3, -0.25) is 0 Å². The van der Waals surface area contributed by atoms with Crippen LogP contribution in [0.25, 0.3) is 10.8 Å². The molecule has 2 aromatic heterocycles. The number of thiazole rings is 1. The summed E-state index contributed by atoms with van der Waals surface area (Å²) in [7, 11) is 0. The summed E-state index contributed by atoms with van der Waals surface area (Å²) in [6.45, 7) is 5.55. The fraction of sp³-hybridized carbons (Fsp3) is 0.385. The average Bonchev–Trinajstić information content (AvgIpc) is 3.03. The van der Waals surface area contributed by atoms with Crippen molar-refractivity contribution < 1.29 is 4.42 Å².